The summed E-state index contributed by atoms with van der Waals surface area (Å²) in [5.74, 6) is 0. The van der Waals surface area contributed by atoms with Crippen molar-refractivity contribution in [3.63, 3.8) is 0 Å². The van der Waals surface area contributed by atoms with Crippen LogP contribution < -0.4 is 0 Å². The van der Waals surface area contributed by atoms with Crippen LogP contribution in [0.1, 0.15) is 12.8 Å². The van der Waals surface area contributed by atoms with Crippen molar-refractivity contribution in [3.05, 3.63) is 0 Å². The van der Waals surface area contributed by atoms with E-state index in [0.29, 0.717) is 5.38 Å². The summed E-state index contributed by atoms with van der Waals surface area (Å²) in [6, 6.07) is 0. The van der Waals surface area contributed by atoms with E-state index in [0.717, 1.165) is 6.54 Å². The van der Waals surface area contributed by atoms with Gasteiger partial charge >= 0.3 is 0 Å². The molecule has 0 amide bonds. The first-order valence-corrected chi connectivity index (χ1v) is 5.13. The summed E-state index contributed by atoms with van der Waals surface area (Å²) in [5, 5.41) is 0.407. The molecule has 1 aliphatic rings. The normalized spacial score (nSPS) is 25.5. The SMILES string of the molecule is CN(C)CCCN1CCC(Cl)C1. The smallest absolute Gasteiger partial charge is 0.0475 e. The van der Waals surface area contributed by atoms with Crippen LogP contribution in [0.15, 0.2) is 0 Å². The number of hydrogen-bond donors (Lipinski definition) is 0. The molecule has 0 aromatic carbocycles. The second-order valence-electron chi connectivity index (χ2n) is 3.84. The van der Waals surface area contributed by atoms with Gasteiger partial charge in [-0.05, 0) is 46.6 Å². The van der Waals surface area contributed by atoms with Gasteiger partial charge < -0.3 is 9.80 Å². The molecule has 0 aliphatic carbocycles. The predicted molar refractivity (Wildman–Crippen MR) is 53.9 cm³/mol. The van der Waals surface area contributed by atoms with Gasteiger partial charge in [0, 0.05) is 11.9 Å². The summed E-state index contributed by atoms with van der Waals surface area (Å²) in [7, 11) is 4.24. The molecule has 0 saturated carbocycles. The van der Waals surface area contributed by atoms with Crippen LogP contribution in [0.5, 0.6) is 0 Å². The highest BCUT2D eigenvalue weighted by molar-refractivity contribution is 6.20. The highest BCUT2D eigenvalue weighted by Gasteiger charge is 2.19. The largest absolute Gasteiger partial charge is 0.309 e. The van der Waals surface area contributed by atoms with Crippen molar-refractivity contribution in [2.75, 3.05) is 40.3 Å². The Morgan fingerprint density at radius 2 is 2.25 bits per heavy atom. The Hall–Kier alpha value is 0.210. The molecule has 1 unspecified atom stereocenters. The van der Waals surface area contributed by atoms with Gasteiger partial charge in [0.05, 0.1) is 0 Å². The molecule has 0 N–H and O–H groups in total. The third kappa shape index (κ3) is 3.74. The fourth-order valence-corrected chi connectivity index (χ4v) is 1.89. The molecule has 0 spiro atoms. The first-order chi connectivity index (χ1) is 5.68. The molecular formula is C9H19ClN2. The van der Waals surface area contributed by atoms with Gasteiger partial charge in [-0.15, -0.1) is 11.6 Å². The van der Waals surface area contributed by atoms with Crippen LogP contribution in [-0.2, 0) is 0 Å². The molecule has 1 rings (SSSR count). The van der Waals surface area contributed by atoms with E-state index in [1.54, 1.807) is 0 Å². The fraction of sp³-hybridized carbons (Fsp3) is 1.00. The third-order valence-corrected chi connectivity index (χ3v) is 2.65. The summed E-state index contributed by atoms with van der Waals surface area (Å²) in [4.78, 5) is 4.69. The molecule has 0 aromatic rings. The molecule has 0 bridgehead atoms. The van der Waals surface area contributed by atoms with Gasteiger partial charge in [-0.1, -0.05) is 0 Å². The standard InChI is InChI=1S/C9H19ClN2/c1-11(2)5-3-6-12-7-4-9(10)8-12/h9H,3-8H2,1-2H3. The van der Waals surface area contributed by atoms with Crippen molar-refractivity contribution in [2.24, 2.45) is 0 Å². The highest BCUT2D eigenvalue weighted by atomic mass is 35.5. The zero-order valence-corrected chi connectivity index (χ0v) is 8.85. The lowest BCUT2D eigenvalue weighted by Gasteiger charge is -2.16. The topological polar surface area (TPSA) is 6.48 Å². The van der Waals surface area contributed by atoms with Crippen molar-refractivity contribution in [1.82, 2.24) is 9.80 Å². The number of halogens is 1. The lowest BCUT2D eigenvalue weighted by Crippen LogP contribution is -2.25. The third-order valence-electron chi connectivity index (χ3n) is 2.29. The number of likely N-dealkylation sites (tertiary alicyclic amines) is 1. The first kappa shape index (κ1) is 10.3. The van der Waals surface area contributed by atoms with E-state index >= 15 is 0 Å². The Morgan fingerprint density at radius 1 is 1.50 bits per heavy atom. The van der Waals surface area contributed by atoms with Crippen molar-refractivity contribution in [3.8, 4) is 0 Å². The van der Waals surface area contributed by atoms with Crippen molar-refractivity contribution < 1.29 is 0 Å². The zero-order chi connectivity index (χ0) is 8.97. The molecule has 3 heteroatoms. The van der Waals surface area contributed by atoms with Crippen molar-refractivity contribution >= 4 is 11.6 Å². The zero-order valence-electron chi connectivity index (χ0n) is 8.09. The quantitative estimate of drug-likeness (QED) is 0.616. The van der Waals surface area contributed by atoms with Crippen molar-refractivity contribution in [2.45, 2.75) is 18.2 Å². The average molecular weight is 191 g/mol. The molecule has 12 heavy (non-hydrogen) atoms. The van der Waals surface area contributed by atoms with Crippen LogP contribution in [0.25, 0.3) is 0 Å². The van der Waals surface area contributed by atoms with Gasteiger partial charge in [0.15, 0.2) is 0 Å². The Kier molecular flexibility index (Phi) is 4.33. The van der Waals surface area contributed by atoms with Gasteiger partial charge in [0.2, 0.25) is 0 Å². The minimum Gasteiger partial charge on any atom is -0.309 e. The Bertz CT molecular complexity index is 128. The summed E-state index contributed by atoms with van der Waals surface area (Å²) in [6.45, 7) is 4.68. The molecule has 72 valence electrons. The van der Waals surface area contributed by atoms with E-state index < -0.39 is 0 Å². The van der Waals surface area contributed by atoms with Gasteiger partial charge in [-0.2, -0.15) is 0 Å². The van der Waals surface area contributed by atoms with E-state index in [-0.39, 0.29) is 0 Å². The van der Waals surface area contributed by atoms with Gasteiger partial charge in [0.25, 0.3) is 0 Å². The van der Waals surface area contributed by atoms with Gasteiger partial charge in [0.1, 0.15) is 0 Å². The summed E-state index contributed by atoms with van der Waals surface area (Å²) >= 11 is 6.00. The molecule has 1 saturated heterocycles. The summed E-state index contributed by atoms with van der Waals surface area (Å²) < 4.78 is 0. The minimum atomic E-state index is 0.407. The summed E-state index contributed by atoms with van der Waals surface area (Å²) in [5.41, 5.74) is 0. The molecule has 1 atom stereocenters. The first-order valence-electron chi connectivity index (χ1n) is 4.69. The molecule has 0 radical (unpaired) electrons. The molecular weight excluding hydrogens is 172 g/mol. The highest BCUT2D eigenvalue weighted by Crippen LogP contribution is 2.14. The monoisotopic (exact) mass is 190 g/mol. The number of hydrogen-bond acceptors (Lipinski definition) is 2. The van der Waals surface area contributed by atoms with Crippen molar-refractivity contribution in [1.29, 1.82) is 0 Å². The second-order valence-corrected chi connectivity index (χ2v) is 4.46. The van der Waals surface area contributed by atoms with Crippen LogP contribution in [0.3, 0.4) is 0 Å². The maximum absolute atomic E-state index is 6.00. The van der Waals surface area contributed by atoms with Crippen LogP contribution in [0.4, 0.5) is 0 Å². The Balaban J connectivity index is 2.00. The Morgan fingerprint density at radius 3 is 2.75 bits per heavy atom. The van der Waals surface area contributed by atoms with E-state index in [1.165, 1.54) is 32.5 Å². The molecule has 0 aromatic heterocycles. The minimum absolute atomic E-state index is 0.407. The predicted octanol–water partition coefficient (Wildman–Crippen LogP) is 1.25. The number of nitrogens with zero attached hydrogens (tertiary/aromatic N) is 2. The maximum atomic E-state index is 6.00. The molecule has 2 nitrogen and oxygen atoms in total. The van der Waals surface area contributed by atoms with E-state index in [4.69, 9.17) is 11.6 Å². The summed E-state index contributed by atoms with van der Waals surface area (Å²) in [6.07, 6.45) is 2.43. The lowest BCUT2D eigenvalue weighted by molar-refractivity contribution is 0.303. The van der Waals surface area contributed by atoms with E-state index in [1.807, 2.05) is 0 Å². The van der Waals surface area contributed by atoms with E-state index in [9.17, 15) is 0 Å². The van der Waals surface area contributed by atoms with Gasteiger partial charge in [-0.25, -0.2) is 0 Å². The lowest BCUT2D eigenvalue weighted by atomic mass is 10.4. The van der Waals surface area contributed by atoms with E-state index in [2.05, 4.69) is 23.9 Å². The number of rotatable bonds is 4. The Labute approximate surface area is 80.5 Å². The second kappa shape index (κ2) is 5.05. The fourth-order valence-electron chi connectivity index (χ4n) is 1.60. The van der Waals surface area contributed by atoms with Gasteiger partial charge in [-0.3, -0.25) is 0 Å². The van der Waals surface area contributed by atoms with Crippen LogP contribution in [0, 0.1) is 0 Å². The van der Waals surface area contributed by atoms with Crippen LogP contribution in [-0.4, -0.2) is 55.5 Å². The van der Waals surface area contributed by atoms with Crippen LogP contribution >= 0.6 is 11.6 Å². The molecule has 1 fully saturated rings. The average Bonchev–Trinajstić information content (AvgIpc) is 2.35. The van der Waals surface area contributed by atoms with Crippen LogP contribution in [0.2, 0.25) is 0 Å². The molecule has 1 aliphatic heterocycles. The number of alkyl halides is 1. The maximum Gasteiger partial charge on any atom is 0.0475 e. The molecule has 1 heterocycles.